The topological polar surface area (TPSA) is 61.5 Å². The summed E-state index contributed by atoms with van der Waals surface area (Å²) in [6.45, 7) is 4.20. The van der Waals surface area contributed by atoms with Crippen LogP contribution in [0.3, 0.4) is 0 Å². The molecule has 0 aliphatic rings. The molecule has 2 N–H and O–H groups in total. The third kappa shape index (κ3) is 3.13. The average Bonchev–Trinajstić information content (AvgIpc) is 2.70. The van der Waals surface area contributed by atoms with Crippen molar-refractivity contribution >= 4 is 18.9 Å². The Hall–Kier alpha value is -0.190. The Morgan fingerprint density at radius 3 is 2.47 bits per heavy atom. The van der Waals surface area contributed by atoms with Crippen LogP contribution in [0.15, 0.2) is 16.8 Å². The molecule has 1 rings (SSSR count). The van der Waals surface area contributed by atoms with Crippen LogP contribution in [-0.2, 0) is 13.6 Å². The van der Waals surface area contributed by atoms with E-state index < -0.39 is 13.4 Å². The van der Waals surface area contributed by atoms with Crippen LogP contribution < -0.4 is 5.73 Å². The van der Waals surface area contributed by atoms with E-state index in [9.17, 15) is 4.57 Å². The van der Waals surface area contributed by atoms with E-state index in [1.165, 1.54) is 11.3 Å². The highest BCUT2D eigenvalue weighted by atomic mass is 32.1. The quantitative estimate of drug-likeness (QED) is 0.787. The van der Waals surface area contributed by atoms with E-state index in [1.807, 2.05) is 16.8 Å². The third-order valence-electron chi connectivity index (χ3n) is 1.84. The lowest BCUT2D eigenvalue weighted by molar-refractivity contribution is 0.212. The maximum atomic E-state index is 12.2. The van der Waals surface area contributed by atoms with E-state index in [4.69, 9.17) is 14.8 Å². The van der Waals surface area contributed by atoms with Crippen molar-refractivity contribution in [3.8, 4) is 0 Å². The number of hydrogen-bond acceptors (Lipinski definition) is 5. The molecule has 0 unspecified atom stereocenters. The van der Waals surface area contributed by atoms with Gasteiger partial charge in [0.1, 0.15) is 5.78 Å². The van der Waals surface area contributed by atoms with Crippen LogP contribution in [0.2, 0.25) is 0 Å². The molecule has 0 bridgehead atoms. The van der Waals surface area contributed by atoms with Gasteiger partial charge in [0, 0.05) is 0 Å². The van der Waals surface area contributed by atoms with Crippen LogP contribution in [0.25, 0.3) is 0 Å². The van der Waals surface area contributed by atoms with E-state index in [1.54, 1.807) is 13.8 Å². The van der Waals surface area contributed by atoms with Crippen molar-refractivity contribution in [1.82, 2.24) is 0 Å². The van der Waals surface area contributed by atoms with Gasteiger partial charge in [0.2, 0.25) is 0 Å². The first-order valence-corrected chi connectivity index (χ1v) is 7.36. The molecule has 0 radical (unpaired) electrons. The fourth-order valence-electron chi connectivity index (χ4n) is 1.18. The maximum Gasteiger partial charge on any atom is 0.351 e. The van der Waals surface area contributed by atoms with Crippen LogP contribution in [0, 0.1) is 0 Å². The molecule has 4 nitrogen and oxygen atoms in total. The van der Waals surface area contributed by atoms with Gasteiger partial charge in [-0.1, -0.05) is 0 Å². The predicted octanol–water partition coefficient (Wildman–Crippen LogP) is 2.97. The molecule has 1 atom stereocenters. The average molecular weight is 249 g/mol. The van der Waals surface area contributed by atoms with Crippen molar-refractivity contribution in [1.29, 1.82) is 0 Å². The normalized spacial score (nSPS) is 14.1. The molecule has 0 amide bonds. The second-order valence-electron chi connectivity index (χ2n) is 2.88. The molecule has 0 spiro atoms. The Kier molecular flexibility index (Phi) is 4.96. The number of rotatable bonds is 6. The van der Waals surface area contributed by atoms with Gasteiger partial charge in [-0.25, -0.2) is 0 Å². The van der Waals surface area contributed by atoms with Gasteiger partial charge in [-0.3, -0.25) is 4.57 Å². The van der Waals surface area contributed by atoms with Crippen LogP contribution in [0.1, 0.15) is 25.2 Å². The summed E-state index contributed by atoms with van der Waals surface area (Å²) < 4.78 is 22.6. The van der Waals surface area contributed by atoms with E-state index in [2.05, 4.69) is 0 Å². The zero-order valence-corrected chi connectivity index (χ0v) is 10.6. The van der Waals surface area contributed by atoms with Gasteiger partial charge in [0.05, 0.1) is 13.2 Å². The first kappa shape index (κ1) is 12.9. The molecule has 15 heavy (non-hydrogen) atoms. The third-order valence-corrected chi connectivity index (χ3v) is 4.76. The molecule has 0 aliphatic carbocycles. The van der Waals surface area contributed by atoms with Crippen LogP contribution in [0.4, 0.5) is 0 Å². The second kappa shape index (κ2) is 5.77. The van der Waals surface area contributed by atoms with Crippen molar-refractivity contribution in [2.45, 2.75) is 19.6 Å². The molecule has 1 heterocycles. The Labute approximate surface area is 93.9 Å². The molecule has 1 aromatic rings. The minimum absolute atomic E-state index is 0.328. The summed E-state index contributed by atoms with van der Waals surface area (Å²) in [5.74, 6) is -0.691. The lowest BCUT2D eigenvalue weighted by Crippen LogP contribution is -2.14. The molecular weight excluding hydrogens is 233 g/mol. The summed E-state index contributed by atoms with van der Waals surface area (Å²) >= 11 is 1.51. The minimum atomic E-state index is -3.21. The first-order valence-electron chi connectivity index (χ1n) is 4.80. The molecule has 0 saturated carbocycles. The lowest BCUT2D eigenvalue weighted by atomic mass is 10.3. The van der Waals surface area contributed by atoms with Gasteiger partial charge in [-0.05, 0) is 36.2 Å². The SMILES string of the molecule is CCOP(=O)(OCC)[C@H](N)c1ccsc1. The number of nitrogens with two attached hydrogens (primary N) is 1. The van der Waals surface area contributed by atoms with E-state index in [0.29, 0.717) is 13.2 Å². The van der Waals surface area contributed by atoms with Crippen molar-refractivity contribution in [3.63, 3.8) is 0 Å². The van der Waals surface area contributed by atoms with Crippen LogP contribution in [0.5, 0.6) is 0 Å². The van der Waals surface area contributed by atoms with Crippen molar-refractivity contribution < 1.29 is 13.6 Å². The number of thiophene rings is 1. The summed E-state index contributed by atoms with van der Waals surface area (Å²) in [6.07, 6.45) is 0. The van der Waals surface area contributed by atoms with Crippen LogP contribution >= 0.6 is 18.9 Å². The van der Waals surface area contributed by atoms with E-state index >= 15 is 0 Å². The number of hydrogen-bond donors (Lipinski definition) is 1. The van der Waals surface area contributed by atoms with Gasteiger partial charge < -0.3 is 14.8 Å². The second-order valence-corrected chi connectivity index (χ2v) is 5.81. The molecule has 0 fully saturated rings. The zero-order chi connectivity index (χ0) is 11.3. The summed E-state index contributed by atoms with van der Waals surface area (Å²) in [5, 5.41) is 3.74. The van der Waals surface area contributed by atoms with Gasteiger partial charge in [-0.15, -0.1) is 0 Å². The summed E-state index contributed by atoms with van der Waals surface area (Å²) in [7, 11) is -3.21. The van der Waals surface area contributed by atoms with Crippen LogP contribution in [-0.4, -0.2) is 13.2 Å². The summed E-state index contributed by atoms with van der Waals surface area (Å²) in [6, 6.07) is 1.83. The molecule has 0 aliphatic heterocycles. The fraction of sp³-hybridized carbons (Fsp3) is 0.556. The molecule has 1 aromatic heterocycles. The maximum absolute atomic E-state index is 12.2. The zero-order valence-electron chi connectivity index (χ0n) is 8.88. The monoisotopic (exact) mass is 249 g/mol. The van der Waals surface area contributed by atoms with Crippen molar-refractivity contribution in [3.05, 3.63) is 22.4 Å². The summed E-state index contributed by atoms with van der Waals surface area (Å²) in [4.78, 5) is 0. The summed E-state index contributed by atoms with van der Waals surface area (Å²) in [5.41, 5.74) is 6.68. The van der Waals surface area contributed by atoms with Gasteiger partial charge >= 0.3 is 7.60 Å². The molecular formula is C9H16NO3PS. The highest BCUT2D eigenvalue weighted by Crippen LogP contribution is 2.58. The standard InChI is InChI=1S/C9H16NO3PS/c1-3-12-14(11,13-4-2)9(10)8-5-6-15-7-8/h5-7,9H,3-4,10H2,1-2H3/t9-/m0/s1. The minimum Gasteiger partial charge on any atom is -0.314 e. The van der Waals surface area contributed by atoms with Gasteiger partial charge in [0.15, 0.2) is 0 Å². The smallest absolute Gasteiger partial charge is 0.314 e. The molecule has 0 saturated heterocycles. The largest absolute Gasteiger partial charge is 0.351 e. The predicted molar refractivity (Wildman–Crippen MR) is 62.1 cm³/mol. The molecule has 0 aromatic carbocycles. The van der Waals surface area contributed by atoms with Crippen molar-refractivity contribution in [2.75, 3.05) is 13.2 Å². The Bertz CT molecular complexity index is 318. The highest BCUT2D eigenvalue weighted by Gasteiger charge is 2.33. The van der Waals surface area contributed by atoms with E-state index in [-0.39, 0.29) is 0 Å². The lowest BCUT2D eigenvalue weighted by Gasteiger charge is -2.22. The highest BCUT2D eigenvalue weighted by molar-refractivity contribution is 7.54. The van der Waals surface area contributed by atoms with Gasteiger partial charge in [0.25, 0.3) is 0 Å². The van der Waals surface area contributed by atoms with E-state index in [0.717, 1.165) is 5.56 Å². The Morgan fingerprint density at radius 2 is 2.07 bits per heavy atom. The van der Waals surface area contributed by atoms with Gasteiger partial charge in [-0.2, -0.15) is 11.3 Å². The first-order chi connectivity index (χ1) is 7.14. The Balaban J connectivity index is 2.84. The molecule has 6 heteroatoms. The van der Waals surface area contributed by atoms with Crippen molar-refractivity contribution in [2.24, 2.45) is 5.73 Å². The molecule has 86 valence electrons. The Morgan fingerprint density at radius 1 is 1.47 bits per heavy atom. The fourth-order valence-corrected chi connectivity index (χ4v) is 3.62.